The number of hydrogen-bond acceptors (Lipinski definition) is 2. The lowest BCUT2D eigenvalue weighted by molar-refractivity contribution is -0.120. The van der Waals surface area contributed by atoms with Gasteiger partial charge in [0.05, 0.1) is 12.5 Å². The molecule has 1 unspecified atom stereocenters. The van der Waals surface area contributed by atoms with Crippen LogP contribution in [-0.4, -0.2) is 11.8 Å². The number of hydrogen-bond donors (Lipinski definition) is 2. The molecule has 0 spiro atoms. The summed E-state index contributed by atoms with van der Waals surface area (Å²) < 4.78 is 0. The molecule has 0 fully saturated rings. The first kappa shape index (κ1) is 17.3. The van der Waals surface area contributed by atoms with E-state index in [4.69, 9.17) is 23.2 Å². The molecule has 0 aliphatic heterocycles. The summed E-state index contributed by atoms with van der Waals surface area (Å²) in [7, 11) is 0. The van der Waals surface area contributed by atoms with Crippen LogP contribution < -0.4 is 10.6 Å². The number of amides is 2. The van der Waals surface area contributed by atoms with Crippen LogP contribution in [0.5, 0.6) is 0 Å². The molecule has 6 heteroatoms. The molecule has 120 valence electrons. The maximum atomic E-state index is 12.2. The number of halogens is 2. The van der Waals surface area contributed by atoms with Gasteiger partial charge in [-0.15, -0.1) is 0 Å². The van der Waals surface area contributed by atoms with Gasteiger partial charge in [0.25, 0.3) is 0 Å². The van der Waals surface area contributed by atoms with Gasteiger partial charge in [-0.2, -0.15) is 0 Å². The normalized spacial score (nSPS) is 11.6. The molecule has 2 aromatic carbocycles. The van der Waals surface area contributed by atoms with Crippen LogP contribution in [0.25, 0.3) is 0 Å². The van der Waals surface area contributed by atoms with Crippen LogP contribution in [0.1, 0.15) is 24.9 Å². The van der Waals surface area contributed by atoms with Crippen LogP contribution in [0, 0.1) is 0 Å². The summed E-state index contributed by atoms with van der Waals surface area (Å²) in [5.74, 6) is -0.448. The Balaban J connectivity index is 2.11. The average Bonchev–Trinajstić information content (AvgIpc) is 2.46. The van der Waals surface area contributed by atoms with Crippen LogP contribution in [0.4, 0.5) is 5.69 Å². The fraction of sp³-hybridized carbons (Fsp3) is 0.176. The van der Waals surface area contributed by atoms with E-state index in [1.807, 2.05) is 6.07 Å². The highest BCUT2D eigenvalue weighted by atomic mass is 35.5. The molecule has 0 saturated heterocycles. The second kappa shape index (κ2) is 7.99. The van der Waals surface area contributed by atoms with Gasteiger partial charge in [0.1, 0.15) is 0 Å². The fourth-order valence-corrected chi connectivity index (χ4v) is 2.57. The lowest BCUT2D eigenvalue weighted by atomic mass is 10.0. The minimum absolute atomic E-state index is 0.0897. The van der Waals surface area contributed by atoms with E-state index < -0.39 is 6.04 Å². The predicted molar refractivity (Wildman–Crippen MR) is 92.7 cm³/mol. The molecule has 2 rings (SSSR count). The average molecular weight is 351 g/mol. The number of anilines is 1. The van der Waals surface area contributed by atoms with Gasteiger partial charge in [-0.05, 0) is 35.9 Å². The summed E-state index contributed by atoms with van der Waals surface area (Å²) in [4.78, 5) is 23.6. The second-order valence-corrected chi connectivity index (χ2v) is 5.94. The van der Waals surface area contributed by atoms with Crippen LogP contribution in [0.2, 0.25) is 10.0 Å². The highest BCUT2D eigenvalue weighted by Crippen LogP contribution is 2.22. The quantitative estimate of drug-likeness (QED) is 0.848. The van der Waals surface area contributed by atoms with E-state index in [-0.39, 0.29) is 18.2 Å². The zero-order chi connectivity index (χ0) is 16.8. The second-order valence-electron chi connectivity index (χ2n) is 5.07. The molecule has 0 radical (unpaired) electrons. The molecule has 0 bridgehead atoms. The standard InChI is InChI=1S/C17H16Cl2N2O2/c1-11(22)20-16(12-4-2-5-13(18)8-12)10-17(23)21-15-7-3-6-14(19)9-15/h2-9,16H,10H2,1H3,(H,20,22)(H,21,23). The lowest BCUT2D eigenvalue weighted by Gasteiger charge is -2.18. The lowest BCUT2D eigenvalue weighted by Crippen LogP contribution is -2.29. The molecule has 23 heavy (non-hydrogen) atoms. The molecule has 0 aliphatic rings. The van der Waals surface area contributed by atoms with Gasteiger partial charge in [-0.1, -0.05) is 41.4 Å². The summed E-state index contributed by atoms with van der Waals surface area (Å²) in [6.07, 6.45) is 0.0897. The molecule has 0 aromatic heterocycles. The third-order valence-corrected chi connectivity index (χ3v) is 3.60. The van der Waals surface area contributed by atoms with Gasteiger partial charge < -0.3 is 10.6 Å². The van der Waals surface area contributed by atoms with Crippen molar-refractivity contribution in [3.8, 4) is 0 Å². The molecule has 1 atom stereocenters. The Morgan fingerprint density at radius 3 is 2.30 bits per heavy atom. The van der Waals surface area contributed by atoms with E-state index in [0.717, 1.165) is 5.56 Å². The topological polar surface area (TPSA) is 58.2 Å². The van der Waals surface area contributed by atoms with Crippen LogP contribution in [0.15, 0.2) is 48.5 Å². The Hall–Kier alpha value is -2.04. The minimum atomic E-state index is -0.453. The van der Waals surface area contributed by atoms with Gasteiger partial charge in [-0.25, -0.2) is 0 Å². The molecule has 2 aromatic rings. The highest BCUT2D eigenvalue weighted by molar-refractivity contribution is 6.31. The zero-order valence-corrected chi connectivity index (χ0v) is 14.0. The molecule has 0 saturated carbocycles. The molecular weight excluding hydrogens is 335 g/mol. The molecule has 0 aliphatic carbocycles. The Bertz CT molecular complexity index is 719. The molecule has 2 N–H and O–H groups in total. The van der Waals surface area contributed by atoms with Gasteiger partial charge in [-0.3, -0.25) is 9.59 Å². The minimum Gasteiger partial charge on any atom is -0.349 e. The van der Waals surface area contributed by atoms with Crippen molar-refractivity contribution in [1.82, 2.24) is 5.32 Å². The number of benzene rings is 2. The Kier molecular flexibility index (Phi) is 6.02. The first-order valence-corrected chi connectivity index (χ1v) is 7.77. The predicted octanol–water partition coefficient (Wildman–Crippen LogP) is 4.20. The van der Waals surface area contributed by atoms with Crippen LogP contribution in [-0.2, 0) is 9.59 Å². The molecule has 0 heterocycles. The third kappa shape index (κ3) is 5.58. The largest absolute Gasteiger partial charge is 0.349 e. The SMILES string of the molecule is CC(=O)NC(CC(=O)Nc1cccc(Cl)c1)c1cccc(Cl)c1. The van der Waals surface area contributed by atoms with Crippen molar-refractivity contribution in [3.63, 3.8) is 0 Å². The van der Waals surface area contributed by atoms with E-state index in [1.165, 1.54) is 6.92 Å². The van der Waals surface area contributed by atoms with Crippen molar-refractivity contribution in [2.24, 2.45) is 0 Å². The van der Waals surface area contributed by atoms with Crippen molar-refractivity contribution in [3.05, 3.63) is 64.1 Å². The van der Waals surface area contributed by atoms with Crippen molar-refractivity contribution >= 4 is 40.7 Å². The summed E-state index contributed by atoms with van der Waals surface area (Å²) in [5.41, 5.74) is 1.38. The van der Waals surface area contributed by atoms with Crippen LogP contribution in [0.3, 0.4) is 0 Å². The van der Waals surface area contributed by atoms with Crippen molar-refractivity contribution < 1.29 is 9.59 Å². The summed E-state index contributed by atoms with van der Waals surface area (Å²) in [6, 6.07) is 13.5. The van der Waals surface area contributed by atoms with E-state index in [2.05, 4.69) is 10.6 Å². The van der Waals surface area contributed by atoms with Gasteiger partial charge in [0.15, 0.2) is 0 Å². The summed E-state index contributed by atoms with van der Waals surface area (Å²) >= 11 is 11.9. The number of carbonyl (C=O) groups is 2. The number of carbonyl (C=O) groups excluding carboxylic acids is 2. The maximum absolute atomic E-state index is 12.2. The summed E-state index contributed by atoms with van der Waals surface area (Å²) in [6.45, 7) is 1.41. The Morgan fingerprint density at radius 2 is 1.70 bits per heavy atom. The first-order valence-electron chi connectivity index (χ1n) is 7.02. The third-order valence-electron chi connectivity index (χ3n) is 3.13. The van der Waals surface area contributed by atoms with Crippen LogP contribution >= 0.6 is 23.2 Å². The van der Waals surface area contributed by atoms with Crippen molar-refractivity contribution in [2.75, 3.05) is 5.32 Å². The smallest absolute Gasteiger partial charge is 0.226 e. The molecule has 4 nitrogen and oxygen atoms in total. The van der Waals surface area contributed by atoms with Crippen molar-refractivity contribution in [1.29, 1.82) is 0 Å². The van der Waals surface area contributed by atoms with E-state index in [0.29, 0.717) is 15.7 Å². The van der Waals surface area contributed by atoms with Gasteiger partial charge in [0, 0.05) is 22.7 Å². The van der Waals surface area contributed by atoms with Gasteiger partial charge >= 0.3 is 0 Å². The Morgan fingerprint density at radius 1 is 1.04 bits per heavy atom. The van der Waals surface area contributed by atoms with Crippen molar-refractivity contribution in [2.45, 2.75) is 19.4 Å². The monoisotopic (exact) mass is 350 g/mol. The maximum Gasteiger partial charge on any atom is 0.226 e. The fourth-order valence-electron chi connectivity index (χ4n) is 2.18. The number of rotatable bonds is 5. The van der Waals surface area contributed by atoms with E-state index in [9.17, 15) is 9.59 Å². The molecular formula is C17H16Cl2N2O2. The Labute approximate surface area is 144 Å². The number of nitrogens with one attached hydrogen (secondary N) is 2. The highest BCUT2D eigenvalue weighted by Gasteiger charge is 2.17. The van der Waals surface area contributed by atoms with E-state index >= 15 is 0 Å². The molecule has 2 amide bonds. The summed E-state index contributed by atoms with van der Waals surface area (Å²) in [5, 5.41) is 6.62. The van der Waals surface area contributed by atoms with E-state index in [1.54, 1.807) is 42.5 Å². The van der Waals surface area contributed by atoms with Gasteiger partial charge in [0.2, 0.25) is 11.8 Å². The zero-order valence-electron chi connectivity index (χ0n) is 12.5. The first-order chi connectivity index (χ1) is 10.9.